The molecule has 13 heavy (non-hydrogen) atoms. The van der Waals surface area contributed by atoms with Crippen molar-refractivity contribution in [2.75, 3.05) is 0 Å². The average molecular weight is 171 g/mol. The highest BCUT2D eigenvalue weighted by Crippen LogP contribution is 2.21. The van der Waals surface area contributed by atoms with E-state index in [4.69, 9.17) is 5.73 Å². The molecule has 2 aromatic carbocycles. The second-order valence-corrected chi connectivity index (χ2v) is 3.29. The summed E-state index contributed by atoms with van der Waals surface area (Å²) in [5.41, 5.74) is 8.22. The third-order valence-electron chi connectivity index (χ3n) is 2.42. The van der Waals surface area contributed by atoms with Crippen molar-refractivity contribution >= 4 is 10.8 Å². The van der Waals surface area contributed by atoms with Crippen LogP contribution in [0.1, 0.15) is 11.1 Å². The summed E-state index contributed by atoms with van der Waals surface area (Å²) in [5, 5.41) is 2.59. The van der Waals surface area contributed by atoms with Crippen LogP contribution in [0, 0.1) is 6.92 Å². The van der Waals surface area contributed by atoms with Gasteiger partial charge in [-0.3, -0.25) is 0 Å². The molecule has 0 radical (unpaired) electrons. The van der Waals surface area contributed by atoms with E-state index in [9.17, 15) is 0 Å². The van der Waals surface area contributed by atoms with Crippen LogP contribution in [0.5, 0.6) is 0 Å². The Morgan fingerprint density at radius 3 is 2.46 bits per heavy atom. The van der Waals surface area contributed by atoms with Gasteiger partial charge >= 0.3 is 0 Å². The van der Waals surface area contributed by atoms with Gasteiger partial charge in [-0.05, 0) is 28.8 Å². The number of rotatable bonds is 1. The van der Waals surface area contributed by atoms with Crippen molar-refractivity contribution in [3.8, 4) is 0 Å². The molecule has 0 atom stereocenters. The molecule has 0 unspecified atom stereocenters. The van der Waals surface area contributed by atoms with Crippen LogP contribution in [0.4, 0.5) is 0 Å². The molecule has 2 rings (SSSR count). The molecule has 2 N–H and O–H groups in total. The minimum atomic E-state index is 0.613. The zero-order valence-corrected chi connectivity index (χ0v) is 7.75. The summed E-state index contributed by atoms with van der Waals surface area (Å²) in [6.07, 6.45) is 0. The molecule has 1 nitrogen and oxygen atoms in total. The molecule has 2 aromatic rings. The van der Waals surface area contributed by atoms with Crippen molar-refractivity contribution in [2.24, 2.45) is 5.73 Å². The van der Waals surface area contributed by atoms with E-state index < -0.39 is 0 Å². The first-order valence-electron chi connectivity index (χ1n) is 4.50. The largest absolute Gasteiger partial charge is 0.326 e. The van der Waals surface area contributed by atoms with Crippen LogP contribution in [0.15, 0.2) is 36.4 Å². The Balaban J connectivity index is 2.87. The highest BCUT2D eigenvalue weighted by molar-refractivity contribution is 5.88. The Kier molecular flexibility index (Phi) is 2.03. The number of nitrogens with two attached hydrogens (primary N) is 1. The van der Waals surface area contributed by atoms with Gasteiger partial charge in [-0.1, -0.05) is 36.4 Å². The fourth-order valence-corrected chi connectivity index (χ4v) is 1.79. The molecule has 0 bridgehead atoms. The molecule has 0 aliphatic heterocycles. The van der Waals surface area contributed by atoms with Gasteiger partial charge in [0.25, 0.3) is 0 Å². The molecule has 0 aromatic heterocycles. The number of hydrogen-bond acceptors (Lipinski definition) is 1. The molecule has 0 saturated carbocycles. The molecule has 0 amide bonds. The predicted octanol–water partition coefficient (Wildman–Crippen LogP) is 2.61. The van der Waals surface area contributed by atoms with Gasteiger partial charge in [0.2, 0.25) is 0 Å². The minimum Gasteiger partial charge on any atom is -0.326 e. The van der Waals surface area contributed by atoms with Crippen molar-refractivity contribution in [3.05, 3.63) is 47.5 Å². The van der Waals surface area contributed by atoms with Gasteiger partial charge < -0.3 is 5.73 Å². The normalized spacial score (nSPS) is 10.6. The number of aryl methyl sites for hydroxylation is 1. The maximum absolute atomic E-state index is 5.68. The summed E-state index contributed by atoms with van der Waals surface area (Å²) >= 11 is 0. The first kappa shape index (κ1) is 8.27. The van der Waals surface area contributed by atoms with Crippen LogP contribution < -0.4 is 5.73 Å². The minimum absolute atomic E-state index is 0.613. The SMILES string of the molecule is Cc1cccc2cccc(CN)c12. The van der Waals surface area contributed by atoms with E-state index in [0.29, 0.717) is 6.54 Å². The molecule has 1 heteroatoms. The third kappa shape index (κ3) is 1.31. The molecular weight excluding hydrogens is 158 g/mol. The zero-order chi connectivity index (χ0) is 9.26. The fraction of sp³-hybridized carbons (Fsp3) is 0.167. The van der Waals surface area contributed by atoms with Gasteiger partial charge in [0, 0.05) is 6.54 Å². The van der Waals surface area contributed by atoms with Crippen LogP contribution in [0.3, 0.4) is 0 Å². The summed E-state index contributed by atoms with van der Waals surface area (Å²) in [6.45, 7) is 2.74. The first-order chi connectivity index (χ1) is 6.33. The van der Waals surface area contributed by atoms with Gasteiger partial charge in [0.1, 0.15) is 0 Å². The van der Waals surface area contributed by atoms with Gasteiger partial charge in [0.15, 0.2) is 0 Å². The van der Waals surface area contributed by atoms with Crippen molar-refractivity contribution < 1.29 is 0 Å². The number of benzene rings is 2. The topological polar surface area (TPSA) is 26.0 Å². The van der Waals surface area contributed by atoms with Crippen molar-refractivity contribution in [1.29, 1.82) is 0 Å². The average Bonchev–Trinajstić information content (AvgIpc) is 2.17. The second-order valence-electron chi connectivity index (χ2n) is 3.29. The van der Waals surface area contributed by atoms with Crippen LogP contribution in [-0.4, -0.2) is 0 Å². The van der Waals surface area contributed by atoms with E-state index in [1.807, 2.05) is 0 Å². The number of fused-ring (bicyclic) bond motifs is 1. The third-order valence-corrected chi connectivity index (χ3v) is 2.42. The van der Waals surface area contributed by atoms with Gasteiger partial charge in [-0.2, -0.15) is 0 Å². The van der Waals surface area contributed by atoms with Crippen molar-refractivity contribution in [1.82, 2.24) is 0 Å². The summed E-state index contributed by atoms with van der Waals surface area (Å²) in [6, 6.07) is 12.6. The Morgan fingerprint density at radius 2 is 1.77 bits per heavy atom. The van der Waals surface area contributed by atoms with E-state index >= 15 is 0 Å². The van der Waals surface area contributed by atoms with E-state index in [1.54, 1.807) is 0 Å². The quantitative estimate of drug-likeness (QED) is 0.701. The van der Waals surface area contributed by atoms with Crippen molar-refractivity contribution in [2.45, 2.75) is 13.5 Å². The fourth-order valence-electron chi connectivity index (χ4n) is 1.79. The lowest BCUT2D eigenvalue weighted by Gasteiger charge is -2.06. The highest BCUT2D eigenvalue weighted by atomic mass is 14.5. The van der Waals surface area contributed by atoms with Gasteiger partial charge in [0.05, 0.1) is 0 Å². The van der Waals surface area contributed by atoms with Gasteiger partial charge in [-0.25, -0.2) is 0 Å². The maximum Gasteiger partial charge on any atom is 0.0184 e. The first-order valence-corrected chi connectivity index (χ1v) is 4.50. The predicted molar refractivity (Wildman–Crippen MR) is 56.6 cm³/mol. The Bertz CT molecular complexity index is 427. The summed E-state index contributed by atoms with van der Waals surface area (Å²) in [5.74, 6) is 0. The Labute approximate surface area is 78.2 Å². The lowest BCUT2D eigenvalue weighted by molar-refractivity contribution is 1.08. The Hall–Kier alpha value is -1.34. The highest BCUT2D eigenvalue weighted by Gasteiger charge is 2.00. The molecule has 0 aliphatic carbocycles. The second kappa shape index (κ2) is 3.19. The maximum atomic E-state index is 5.68. The number of hydrogen-bond donors (Lipinski definition) is 1. The van der Waals surface area contributed by atoms with Crippen molar-refractivity contribution in [3.63, 3.8) is 0 Å². The van der Waals surface area contributed by atoms with Crippen LogP contribution in [0.2, 0.25) is 0 Å². The van der Waals surface area contributed by atoms with E-state index in [1.165, 1.54) is 21.9 Å². The standard InChI is InChI=1S/C12H13N/c1-9-4-2-5-10-6-3-7-11(8-13)12(9)10/h2-7H,8,13H2,1H3. The lowest BCUT2D eigenvalue weighted by Crippen LogP contribution is -1.97. The molecular formula is C12H13N. The molecule has 0 saturated heterocycles. The molecule has 0 aliphatic rings. The zero-order valence-electron chi connectivity index (χ0n) is 7.75. The van der Waals surface area contributed by atoms with E-state index in [0.717, 1.165) is 0 Å². The van der Waals surface area contributed by atoms with E-state index in [-0.39, 0.29) is 0 Å². The van der Waals surface area contributed by atoms with Crippen LogP contribution in [0.25, 0.3) is 10.8 Å². The summed E-state index contributed by atoms with van der Waals surface area (Å²) in [7, 11) is 0. The Morgan fingerprint density at radius 1 is 1.08 bits per heavy atom. The van der Waals surface area contributed by atoms with E-state index in [2.05, 4.69) is 43.3 Å². The molecule has 0 heterocycles. The van der Waals surface area contributed by atoms with Crippen LogP contribution >= 0.6 is 0 Å². The van der Waals surface area contributed by atoms with Gasteiger partial charge in [-0.15, -0.1) is 0 Å². The molecule has 66 valence electrons. The monoisotopic (exact) mass is 171 g/mol. The summed E-state index contributed by atoms with van der Waals surface area (Å²) < 4.78 is 0. The smallest absolute Gasteiger partial charge is 0.0184 e. The van der Waals surface area contributed by atoms with Crippen LogP contribution in [-0.2, 0) is 6.54 Å². The molecule has 0 fully saturated rings. The lowest BCUT2D eigenvalue weighted by atomic mass is 10.0. The summed E-state index contributed by atoms with van der Waals surface area (Å²) in [4.78, 5) is 0. The molecule has 0 spiro atoms.